The number of benzene rings is 2. The molecule has 0 aliphatic carbocycles. The molecule has 1 amide bonds. The molecule has 0 N–H and O–H groups in total. The highest BCUT2D eigenvalue weighted by Crippen LogP contribution is 2.28. The topological polar surface area (TPSA) is 72.9 Å². The summed E-state index contributed by atoms with van der Waals surface area (Å²) in [6.45, 7) is 5.12. The van der Waals surface area contributed by atoms with Crippen molar-refractivity contribution in [2.45, 2.75) is 50.7 Å². The first-order valence-electron chi connectivity index (χ1n) is 10.5. The fraction of sp³-hybridized carbons (Fsp3) is 0.435. The molecule has 3 rings (SSSR count). The first kappa shape index (κ1) is 24.5. The van der Waals surface area contributed by atoms with E-state index in [1.807, 2.05) is 13.8 Å². The molecule has 32 heavy (non-hydrogen) atoms. The van der Waals surface area contributed by atoms with Crippen molar-refractivity contribution < 1.29 is 26.5 Å². The average Bonchev–Trinajstić information content (AvgIpc) is 3.22. The number of hydrogen-bond donors (Lipinski definition) is 0. The maximum Gasteiger partial charge on any atom is 0.339 e. The van der Waals surface area contributed by atoms with Gasteiger partial charge in [-0.1, -0.05) is 25.4 Å². The molecule has 2 aromatic carbocycles. The molecule has 0 saturated carbocycles. The summed E-state index contributed by atoms with van der Waals surface area (Å²) in [4.78, 5) is 14.4. The van der Waals surface area contributed by atoms with E-state index < -0.39 is 15.9 Å². The molecule has 0 spiro atoms. The highest BCUT2D eigenvalue weighted by molar-refractivity contribution is 7.87. The molecular formula is C23H27ClFNO5S. The lowest BCUT2D eigenvalue weighted by Gasteiger charge is -2.27. The fourth-order valence-corrected chi connectivity index (χ4v) is 4.65. The number of carbonyl (C=O) groups is 1. The van der Waals surface area contributed by atoms with Gasteiger partial charge in [-0.15, -0.1) is 0 Å². The van der Waals surface area contributed by atoms with Crippen molar-refractivity contribution >= 4 is 27.6 Å². The van der Waals surface area contributed by atoms with Gasteiger partial charge >= 0.3 is 10.1 Å². The molecule has 174 valence electrons. The normalized spacial score (nSPS) is 16.3. The Morgan fingerprint density at radius 1 is 1.25 bits per heavy atom. The molecule has 1 heterocycles. The summed E-state index contributed by atoms with van der Waals surface area (Å²) in [6, 6.07) is 8.92. The zero-order chi connectivity index (χ0) is 23.3. The number of amides is 1. The summed E-state index contributed by atoms with van der Waals surface area (Å²) in [5.74, 6) is -0.371. The Morgan fingerprint density at radius 3 is 2.59 bits per heavy atom. The monoisotopic (exact) mass is 483 g/mol. The van der Waals surface area contributed by atoms with Crippen LogP contribution in [0.4, 0.5) is 4.39 Å². The van der Waals surface area contributed by atoms with Crippen LogP contribution in [0.5, 0.6) is 5.75 Å². The van der Waals surface area contributed by atoms with Crippen LogP contribution in [0, 0.1) is 11.7 Å². The van der Waals surface area contributed by atoms with Gasteiger partial charge in [0.2, 0.25) is 5.91 Å². The van der Waals surface area contributed by atoms with Gasteiger partial charge < -0.3 is 13.8 Å². The van der Waals surface area contributed by atoms with Gasteiger partial charge in [-0.2, -0.15) is 8.42 Å². The lowest BCUT2D eigenvalue weighted by atomic mass is 10.1. The minimum atomic E-state index is -4.20. The third-order valence-electron chi connectivity index (χ3n) is 5.07. The predicted molar refractivity (Wildman–Crippen MR) is 120 cm³/mol. The number of rotatable bonds is 9. The summed E-state index contributed by atoms with van der Waals surface area (Å²) in [6.07, 6.45) is 2.11. The van der Waals surface area contributed by atoms with Crippen LogP contribution >= 0.6 is 11.6 Å². The molecule has 1 aliphatic heterocycles. The highest BCUT2D eigenvalue weighted by Gasteiger charge is 2.25. The summed E-state index contributed by atoms with van der Waals surface area (Å²) in [5, 5.41) is 0.389. The van der Waals surface area contributed by atoms with E-state index in [1.54, 1.807) is 11.0 Å². The zero-order valence-electron chi connectivity index (χ0n) is 18.1. The molecule has 1 aliphatic rings. The Balaban J connectivity index is 1.87. The maximum absolute atomic E-state index is 13.2. The largest absolute Gasteiger partial charge is 0.379 e. The minimum absolute atomic E-state index is 0.0529. The number of carbonyl (C=O) groups excluding carboxylic acids is 1. The van der Waals surface area contributed by atoms with E-state index >= 15 is 0 Å². The van der Waals surface area contributed by atoms with Crippen LogP contribution in [0.3, 0.4) is 0 Å². The molecule has 1 fully saturated rings. The van der Waals surface area contributed by atoms with Gasteiger partial charge in [-0.3, -0.25) is 4.79 Å². The van der Waals surface area contributed by atoms with Gasteiger partial charge in [0, 0.05) is 36.7 Å². The molecule has 1 atom stereocenters. The molecule has 0 radical (unpaired) electrons. The SMILES string of the molecule is CC(C)CC(=O)N(Cc1cc(Cl)ccc1OS(=O)(=O)c1ccc(F)cc1)C[C@@H]1CCCO1. The van der Waals surface area contributed by atoms with Crippen molar-refractivity contribution in [3.05, 3.63) is 58.9 Å². The number of halogens is 2. The van der Waals surface area contributed by atoms with E-state index in [-0.39, 0.29) is 35.1 Å². The van der Waals surface area contributed by atoms with Crippen LogP contribution in [-0.4, -0.2) is 38.5 Å². The molecule has 1 saturated heterocycles. The lowest BCUT2D eigenvalue weighted by molar-refractivity contribution is -0.134. The van der Waals surface area contributed by atoms with Gasteiger partial charge in [-0.25, -0.2) is 4.39 Å². The smallest absolute Gasteiger partial charge is 0.339 e. The quantitative estimate of drug-likeness (QED) is 0.479. The van der Waals surface area contributed by atoms with Crippen molar-refractivity contribution in [2.24, 2.45) is 5.92 Å². The summed E-state index contributed by atoms with van der Waals surface area (Å²) in [5.41, 5.74) is 0.457. The van der Waals surface area contributed by atoms with Crippen LogP contribution in [0.2, 0.25) is 5.02 Å². The van der Waals surface area contributed by atoms with Crippen molar-refractivity contribution in [1.82, 2.24) is 4.90 Å². The highest BCUT2D eigenvalue weighted by atomic mass is 35.5. The molecule has 0 aromatic heterocycles. The van der Waals surface area contributed by atoms with Gasteiger partial charge in [0.05, 0.1) is 6.10 Å². The van der Waals surface area contributed by atoms with Crippen LogP contribution in [0.25, 0.3) is 0 Å². The van der Waals surface area contributed by atoms with Crippen LogP contribution in [0.15, 0.2) is 47.4 Å². The predicted octanol–water partition coefficient (Wildman–Crippen LogP) is 4.80. The number of ether oxygens (including phenoxy) is 1. The van der Waals surface area contributed by atoms with Crippen LogP contribution in [0.1, 0.15) is 38.7 Å². The molecule has 0 unspecified atom stereocenters. The Morgan fingerprint density at radius 2 is 1.97 bits per heavy atom. The molecule has 0 bridgehead atoms. The fourth-order valence-electron chi connectivity index (χ4n) is 3.49. The van der Waals surface area contributed by atoms with Crippen LogP contribution in [-0.2, 0) is 26.2 Å². The van der Waals surface area contributed by atoms with E-state index in [0.29, 0.717) is 30.2 Å². The second-order valence-electron chi connectivity index (χ2n) is 8.25. The van der Waals surface area contributed by atoms with Crippen molar-refractivity contribution in [3.63, 3.8) is 0 Å². The second kappa shape index (κ2) is 10.6. The molecular weight excluding hydrogens is 457 g/mol. The van der Waals surface area contributed by atoms with Gasteiger partial charge in [-0.05, 0) is 61.2 Å². The number of hydrogen-bond acceptors (Lipinski definition) is 5. The molecule has 2 aromatic rings. The van der Waals surface area contributed by atoms with Crippen molar-refractivity contribution in [2.75, 3.05) is 13.2 Å². The van der Waals surface area contributed by atoms with E-state index in [2.05, 4.69) is 0 Å². The Kier molecular flexibility index (Phi) is 8.14. The minimum Gasteiger partial charge on any atom is -0.379 e. The third kappa shape index (κ3) is 6.67. The molecule has 9 heteroatoms. The van der Waals surface area contributed by atoms with Crippen molar-refractivity contribution in [1.29, 1.82) is 0 Å². The van der Waals surface area contributed by atoms with E-state index in [1.165, 1.54) is 12.1 Å². The first-order chi connectivity index (χ1) is 15.1. The summed E-state index contributed by atoms with van der Waals surface area (Å²) >= 11 is 6.17. The Labute approximate surface area is 193 Å². The summed E-state index contributed by atoms with van der Waals surface area (Å²) < 4.78 is 49.7. The first-order valence-corrected chi connectivity index (χ1v) is 12.3. The van der Waals surface area contributed by atoms with Gasteiger partial charge in [0.1, 0.15) is 16.5 Å². The Hall–Kier alpha value is -2.16. The van der Waals surface area contributed by atoms with E-state index in [0.717, 1.165) is 37.1 Å². The van der Waals surface area contributed by atoms with Gasteiger partial charge in [0.15, 0.2) is 0 Å². The zero-order valence-corrected chi connectivity index (χ0v) is 19.7. The van der Waals surface area contributed by atoms with Crippen molar-refractivity contribution in [3.8, 4) is 5.75 Å². The Bertz CT molecular complexity index is 1040. The van der Waals surface area contributed by atoms with E-state index in [9.17, 15) is 17.6 Å². The van der Waals surface area contributed by atoms with Crippen LogP contribution < -0.4 is 4.18 Å². The maximum atomic E-state index is 13.2. The lowest BCUT2D eigenvalue weighted by Crippen LogP contribution is -2.37. The average molecular weight is 484 g/mol. The van der Waals surface area contributed by atoms with E-state index in [4.69, 9.17) is 20.5 Å². The standard InChI is InChI=1S/C23H27ClFNO5S/c1-16(2)12-23(27)26(15-20-4-3-11-30-20)14-17-13-18(24)5-10-22(17)31-32(28,29)21-8-6-19(25)7-9-21/h5-10,13,16,20H,3-4,11-12,14-15H2,1-2H3/t20-/m0/s1. The molecule has 6 nitrogen and oxygen atoms in total. The number of nitrogens with zero attached hydrogens (tertiary/aromatic N) is 1. The van der Waals surface area contributed by atoms with Gasteiger partial charge in [0.25, 0.3) is 0 Å². The summed E-state index contributed by atoms with van der Waals surface area (Å²) in [7, 11) is -4.20. The second-order valence-corrected chi connectivity index (χ2v) is 10.2. The third-order valence-corrected chi connectivity index (χ3v) is 6.55.